The minimum Gasteiger partial charge on any atom is -0.454 e. The molecular formula is C11H15NO2. The Morgan fingerprint density at radius 3 is 2.93 bits per heavy atom. The Kier molecular flexibility index (Phi) is 2.59. The van der Waals surface area contributed by atoms with Crippen molar-refractivity contribution in [3.8, 4) is 11.5 Å². The molecule has 1 aromatic rings. The van der Waals surface area contributed by atoms with Gasteiger partial charge in [0.25, 0.3) is 0 Å². The number of benzene rings is 1. The van der Waals surface area contributed by atoms with Gasteiger partial charge in [-0.2, -0.15) is 0 Å². The molecule has 0 saturated carbocycles. The third-order valence-corrected chi connectivity index (χ3v) is 2.47. The lowest BCUT2D eigenvalue weighted by atomic mass is 10.1. The third kappa shape index (κ3) is 1.82. The van der Waals surface area contributed by atoms with Crippen molar-refractivity contribution in [1.82, 2.24) is 5.32 Å². The first kappa shape index (κ1) is 9.34. The molecule has 0 bridgehead atoms. The summed E-state index contributed by atoms with van der Waals surface area (Å²) in [5, 5.41) is 3.21. The van der Waals surface area contributed by atoms with Crippen LogP contribution < -0.4 is 14.8 Å². The first-order chi connectivity index (χ1) is 6.79. The summed E-state index contributed by atoms with van der Waals surface area (Å²) < 4.78 is 10.6. The van der Waals surface area contributed by atoms with Gasteiger partial charge in [-0.1, -0.05) is 6.07 Å². The topological polar surface area (TPSA) is 30.5 Å². The second-order valence-electron chi connectivity index (χ2n) is 3.58. The van der Waals surface area contributed by atoms with Gasteiger partial charge >= 0.3 is 0 Å². The van der Waals surface area contributed by atoms with Gasteiger partial charge in [-0.05, 0) is 38.1 Å². The molecule has 0 fully saturated rings. The van der Waals surface area contributed by atoms with Gasteiger partial charge in [0.05, 0.1) is 0 Å². The summed E-state index contributed by atoms with van der Waals surface area (Å²) in [5.41, 5.74) is 1.27. The summed E-state index contributed by atoms with van der Waals surface area (Å²) in [6.07, 6.45) is 1.01. The van der Waals surface area contributed by atoms with Crippen molar-refractivity contribution in [2.24, 2.45) is 0 Å². The van der Waals surface area contributed by atoms with Crippen LogP contribution >= 0.6 is 0 Å². The van der Waals surface area contributed by atoms with E-state index in [1.54, 1.807) is 0 Å². The van der Waals surface area contributed by atoms with Crippen LogP contribution in [0.25, 0.3) is 0 Å². The first-order valence-electron chi connectivity index (χ1n) is 4.85. The Morgan fingerprint density at radius 2 is 2.14 bits per heavy atom. The molecule has 0 aliphatic carbocycles. The Labute approximate surface area is 84.0 Å². The number of hydrogen-bond donors (Lipinski definition) is 1. The molecule has 1 heterocycles. The zero-order chi connectivity index (χ0) is 9.97. The molecule has 76 valence electrons. The fraction of sp³-hybridized carbons (Fsp3) is 0.455. The van der Waals surface area contributed by atoms with Gasteiger partial charge in [0.2, 0.25) is 6.79 Å². The molecule has 0 amide bonds. The molecule has 0 aromatic heterocycles. The minimum absolute atomic E-state index is 0.348. The molecule has 1 atom stereocenters. The number of ether oxygens (including phenoxy) is 2. The summed E-state index contributed by atoms with van der Waals surface area (Å²) in [6, 6.07) is 6.59. The van der Waals surface area contributed by atoms with Gasteiger partial charge in [-0.25, -0.2) is 0 Å². The highest BCUT2D eigenvalue weighted by Crippen LogP contribution is 2.32. The lowest BCUT2D eigenvalue weighted by molar-refractivity contribution is 0.174. The Hall–Kier alpha value is -1.22. The number of fused-ring (bicyclic) bond motifs is 1. The molecule has 2 rings (SSSR count). The van der Waals surface area contributed by atoms with Crippen LogP contribution in [0, 0.1) is 0 Å². The second-order valence-corrected chi connectivity index (χ2v) is 3.58. The van der Waals surface area contributed by atoms with Crippen molar-refractivity contribution in [3.63, 3.8) is 0 Å². The van der Waals surface area contributed by atoms with Crippen LogP contribution in [-0.2, 0) is 6.42 Å². The summed E-state index contributed by atoms with van der Waals surface area (Å²) in [7, 11) is 1.97. The van der Waals surface area contributed by atoms with Crippen molar-refractivity contribution in [3.05, 3.63) is 23.8 Å². The van der Waals surface area contributed by atoms with E-state index < -0.39 is 0 Å². The molecule has 0 spiro atoms. The monoisotopic (exact) mass is 192 g/mol. The zero-order valence-electron chi connectivity index (χ0n) is 8.54. The van der Waals surface area contributed by atoms with E-state index in [2.05, 4.69) is 24.4 Å². The highest BCUT2D eigenvalue weighted by molar-refractivity contribution is 5.44. The summed E-state index contributed by atoms with van der Waals surface area (Å²) >= 11 is 0. The standard InChI is InChI=1S/C11H15NO2/c1-8(12-2)5-9-3-4-10-11(6-9)14-7-13-10/h3-4,6,8,12H,5,7H2,1-2H3/i2-1. The van der Waals surface area contributed by atoms with Crippen molar-refractivity contribution >= 4 is 0 Å². The van der Waals surface area contributed by atoms with Gasteiger partial charge in [-0.3, -0.25) is 0 Å². The van der Waals surface area contributed by atoms with E-state index in [1.165, 1.54) is 5.56 Å². The van der Waals surface area contributed by atoms with Crippen LogP contribution in [0.5, 0.6) is 11.5 Å². The van der Waals surface area contributed by atoms with Crippen LogP contribution in [0.15, 0.2) is 18.2 Å². The molecule has 14 heavy (non-hydrogen) atoms. The molecule has 0 radical (unpaired) electrons. The SMILES string of the molecule is CC(Cc1ccc2c(c1)OCO2)N[11CH3]. The van der Waals surface area contributed by atoms with Gasteiger partial charge in [0, 0.05) is 6.04 Å². The van der Waals surface area contributed by atoms with Crippen LogP contribution in [0.1, 0.15) is 12.5 Å². The Balaban J connectivity index is 2.12. The quantitative estimate of drug-likeness (QED) is 0.788. The highest BCUT2D eigenvalue weighted by Gasteiger charge is 2.13. The van der Waals surface area contributed by atoms with E-state index in [0.29, 0.717) is 12.8 Å². The highest BCUT2D eigenvalue weighted by atomic mass is 16.7. The largest absolute Gasteiger partial charge is 0.454 e. The molecule has 1 aliphatic heterocycles. The van der Waals surface area contributed by atoms with Crippen LogP contribution in [0.3, 0.4) is 0 Å². The van der Waals surface area contributed by atoms with Crippen LogP contribution in [0.4, 0.5) is 0 Å². The van der Waals surface area contributed by atoms with Crippen molar-refractivity contribution < 1.29 is 9.47 Å². The Morgan fingerprint density at radius 1 is 1.36 bits per heavy atom. The third-order valence-electron chi connectivity index (χ3n) is 2.47. The van der Waals surface area contributed by atoms with E-state index in [4.69, 9.17) is 9.47 Å². The number of nitrogens with one attached hydrogen (secondary N) is 1. The van der Waals surface area contributed by atoms with Gasteiger partial charge in [0.15, 0.2) is 11.5 Å². The van der Waals surface area contributed by atoms with Crippen LogP contribution in [-0.4, -0.2) is 19.9 Å². The van der Waals surface area contributed by atoms with Crippen molar-refractivity contribution in [2.45, 2.75) is 19.4 Å². The summed E-state index contributed by atoms with van der Waals surface area (Å²) in [4.78, 5) is 0. The lowest BCUT2D eigenvalue weighted by Crippen LogP contribution is -2.23. The van der Waals surface area contributed by atoms with E-state index in [0.717, 1.165) is 17.9 Å². The molecule has 3 nitrogen and oxygen atoms in total. The Bertz CT molecular complexity index is 325. The predicted molar refractivity (Wildman–Crippen MR) is 54.8 cm³/mol. The normalized spacial score (nSPS) is 15.6. The molecule has 3 heteroatoms. The van der Waals surface area contributed by atoms with E-state index in [-0.39, 0.29) is 0 Å². The summed E-state index contributed by atoms with van der Waals surface area (Å²) in [5.74, 6) is 1.72. The minimum atomic E-state index is 0.348. The molecule has 1 aliphatic rings. The maximum absolute atomic E-state index is 5.31. The van der Waals surface area contributed by atoms with Crippen LogP contribution in [0.2, 0.25) is 0 Å². The average Bonchev–Trinajstić information content (AvgIpc) is 2.64. The maximum atomic E-state index is 5.31. The van der Waals surface area contributed by atoms with Gasteiger partial charge in [0.1, 0.15) is 0 Å². The van der Waals surface area contributed by atoms with E-state index in [1.807, 2.05) is 13.1 Å². The number of hydrogen-bond acceptors (Lipinski definition) is 3. The fourth-order valence-corrected chi connectivity index (χ4v) is 1.52. The zero-order valence-corrected chi connectivity index (χ0v) is 8.54. The van der Waals surface area contributed by atoms with Crippen molar-refractivity contribution in [1.29, 1.82) is 0 Å². The molecule has 1 aromatic carbocycles. The maximum Gasteiger partial charge on any atom is 0.231 e. The number of likely N-dealkylation sites (N-methyl/N-ethyl adjacent to an activating group) is 1. The van der Waals surface area contributed by atoms with Gasteiger partial charge in [-0.15, -0.1) is 0 Å². The van der Waals surface area contributed by atoms with E-state index in [9.17, 15) is 0 Å². The number of rotatable bonds is 3. The fourth-order valence-electron chi connectivity index (χ4n) is 1.52. The summed E-state index contributed by atoms with van der Waals surface area (Å²) in [6.45, 7) is 2.50. The van der Waals surface area contributed by atoms with E-state index >= 15 is 0 Å². The second kappa shape index (κ2) is 3.88. The predicted octanol–water partition coefficient (Wildman–Crippen LogP) is 1.57. The smallest absolute Gasteiger partial charge is 0.231 e. The lowest BCUT2D eigenvalue weighted by Gasteiger charge is -2.09. The van der Waals surface area contributed by atoms with Crippen molar-refractivity contribution in [2.75, 3.05) is 13.8 Å². The molecule has 0 saturated heterocycles. The molecule has 1 N–H and O–H groups in total. The van der Waals surface area contributed by atoms with Gasteiger partial charge < -0.3 is 14.8 Å². The first-order valence-corrected chi connectivity index (χ1v) is 4.85. The molecular weight excluding hydrogens is 177 g/mol. The molecule has 1 unspecified atom stereocenters. The average molecular weight is 192 g/mol.